The molecule has 0 unspecified atom stereocenters. The maximum absolute atomic E-state index is 6.10. The topological polar surface area (TPSA) is 25.4 Å². The van der Waals surface area contributed by atoms with Crippen LogP contribution < -0.4 is 0 Å². The SMILES string of the molecule is CN1O[C@@](C)(c2cccnc2)C[C@@H]1c1ccccc1. The van der Waals surface area contributed by atoms with Gasteiger partial charge in [0.05, 0.1) is 6.04 Å². The van der Waals surface area contributed by atoms with Gasteiger partial charge in [-0.1, -0.05) is 36.4 Å². The Hall–Kier alpha value is -1.71. The second-order valence-corrected chi connectivity index (χ2v) is 5.24. The predicted octanol–water partition coefficient (Wildman–Crippen LogP) is 3.31. The fourth-order valence-corrected chi connectivity index (χ4v) is 2.77. The van der Waals surface area contributed by atoms with Crippen LogP contribution in [0.1, 0.15) is 30.5 Å². The Balaban J connectivity index is 1.90. The van der Waals surface area contributed by atoms with E-state index in [1.165, 1.54) is 5.56 Å². The molecule has 98 valence electrons. The van der Waals surface area contributed by atoms with Gasteiger partial charge in [-0.25, -0.2) is 0 Å². The molecule has 2 atom stereocenters. The smallest absolute Gasteiger partial charge is 0.115 e. The molecule has 0 saturated carbocycles. The van der Waals surface area contributed by atoms with Gasteiger partial charge in [-0.05, 0) is 18.6 Å². The number of benzene rings is 1. The summed E-state index contributed by atoms with van der Waals surface area (Å²) >= 11 is 0. The van der Waals surface area contributed by atoms with Crippen LogP contribution in [-0.2, 0) is 10.4 Å². The highest BCUT2D eigenvalue weighted by atomic mass is 16.7. The zero-order chi connectivity index (χ0) is 13.3. The summed E-state index contributed by atoms with van der Waals surface area (Å²) in [6.45, 7) is 2.13. The van der Waals surface area contributed by atoms with Crippen molar-refractivity contribution >= 4 is 0 Å². The third-order valence-electron chi connectivity index (χ3n) is 3.82. The van der Waals surface area contributed by atoms with E-state index in [9.17, 15) is 0 Å². The van der Waals surface area contributed by atoms with Crippen molar-refractivity contribution in [3.05, 3.63) is 66.0 Å². The first-order valence-electron chi connectivity index (χ1n) is 6.56. The van der Waals surface area contributed by atoms with Crippen molar-refractivity contribution in [2.24, 2.45) is 0 Å². The maximum Gasteiger partial charge on any atom is 0.115 e. The monoisotopic (exact) mass is 254 g/mol. The predicted molar refractivity (Wildman–Crippen MR) is 74.2 cm³/mol. The van der Waals surface area contributed by atoms with Crippen molar-refractivity contribution in [1.82, 2.24) is 10.0 Å². The molecule has 1 saturated heterocycles. The molecule has 0 radical (unpaired) electrons. The molecule has 1 aromatic heterocycles. The number of hydrogen-bond donors (Lipinski definition) is 0. The Morgan fingerprint density at radius 2 is 2.00 bits per heavy atom. The number of aromatic nitrogens is 1. The first kappa shape index (κ1) is 12.3. The van der Waals surface area contributed by atoms with Crippen LogP contribution >= 0.6 is 0 Å². The largest absolute Gasteiger partial charge is 0.287 e. The lowest BCUT2D eigenvalue weighted by atomic mass is 9.89. The molecule has 0 spiro atoms. The van der Waals surface area contributed by atoms with Crippen LogP contribution in [0.4, 0.5) is 0 Å². The molecule has 19 heavy (non-hydrogen) atoms. The summed E-state index contributed by atoms with van der Waals surface area (Å²) in [5, 5.41) is 1.96. The summed E-state index contributed by atoms with van der Waals surface area (Å²) in [5.74, 6) is 0. The quantitative estimate of drug-likeness (QED) is 0.822. The van der Waals surface area contributed by atoms with E-state index in [-0.39, 0.29) is 11.6 Å². The first-order valence-corrected chi connectivity index (χ1v) is 6.56. The highest BCUT2D eigenvalue weighted by molar-refractivity contribution is 5.24. The maximum atomic E-state index is 6.10. The summed E-state index contributed by atoms with van der Waals surface area (Å²) in [5.41, 5.74) is 2.11. The van der Waals surface area contributed by atoms with E-state index >= 15 is 0 Å². The zero-order valence-corrected chi connectivity index (χ0v) is 11.3. The van der Waals surface area contributed by atoms with Crippen molar-refractivity contribution in [1.29, 1.82) is 0 Å². The second-order valence-electron chi connectivity index (χ2n) is 5.24. The van der Waals surface area contributed by atoms with E-state index in [4.69, 9.17) is 4.84 Å². The average Bonchev–Trinajstić information content (AvgIpc) is 2.77. The van der Waals surface area contributed by atoms with Gasteiger partial charge in [0.2, 0.25) is 0 Å². The molecule has 0 aliphatic carbocycles. The molecule has 0 amide bonds. The van der Waals surface area contributed by atoms with Crippen LogP contribution in [0.15, 0.2) is 54.9 Å². The van der Waals surface area contributed by atoms with E-state index in [1.807, 2.05) is 30.4 Å². The summed E-state index contributed by atoms with van der Waals surface area (Å²) in [6.07, 6.45) is 4.61. The molecule has 3 nitrogen and oxygen atoms in total. The van der Waals surface area contributed by atoms with Crippen molar-refractivity contribution in [2.75, 3.05) is 7.05 Å². The lowest BCUT2D eigenvalue weighted by molar-refractivity contribution is -0.188. The van der Waals surface area contributed by atoms with Crippen LogP contribution in [0, 0.1) is 0 Å². The molecule has 0 N–H and O–H groups in total. The molecular weight excluding hydrogens is 236 g/mol. The van der Waals surface area contributed by atoms with Gasteiger partial charge in [-0.3, -0.25) is 9.82 Å². The van der Waals surface area contributed by atoms with Gasteiger partial charge in [0.25, 0.3) is 0 Å². The van der Waals surface area contributed by atoms with Gasteiger partial charge in [0, 0.05) is 31.4 Å². The van der Waals surface area contributed by atoms with Crippen molar-refractivity contribution in [3.63, 3.8) is 0 Å². The number of nitrogens with zero attached hydrogens (tertiary/aromatic N) is 2. The van der Waals surface area contributed by atoms with Gasteiger partial charge in [0.1, 0.15) is 5.60 Å². The number of pyridine rings is 1. The minimum atomic E-state index is -0.302. The van der Waals surface area contributed by atoms with E-state index < -0.39 is 0 Å². The van der Waals surface area contributed by atoms with Crippen LogP contribution in [0.3, 0.4) is 0 Å². The normalized spacial score (nSPS) is 27.6. The van der Waals surface area contributed by atoms with E-state index in [0.717, 1.165) is 12.0 Å². The van der Waals surface area contributed by atoms with Crippen molar-refractivity contribution in [3.8, 4) is 0 Å². The van der Waals surface area contributed by atoms with Gasteiger partial charge in [-0.2, -0.15) is 5.06 Å². The van der Waals surface area contributed by atoms with Gasteiger partial charge < -0.3 is 0 Å². The Kier molecular flexibility index (Phi) is 3.09. The Bertz CT molecular complexity index is 543. The standard InChI is InChI=1S/C16H18N2O/c1-16(14-9-6-10-17-12-14)11-15(18(2)19-16)13-7-4-3-5-8-13/h3-10,12,15H,11H2,1-2H3/t15-,16-/m1/s1. The van der Waals surface area contributed by atoms with Crippen molar-refractivity contribution < 1.29 is 4.84 Å². The molecule has 3 heteroatoms. The molecule has 1 aliphatic rings. The molecule has 1 aromatic carbocycles. The molecule has 1 fully saturated rings. The third kappa shape index (κ3) is 2.27. The number of hydrogen-bond acceptors (Lipinski definition) is 3. The third-order valence-corrected chi connectivity index (χ3v) is 3.82. The average molecular weight is 254 g/mol. The second kappa shape index (κ2) is 4.76. The highest BCUT2D eigenvalue weighted by Crippen LogP contribution is 2.44. The lowest BCUT2D eigenvalue weighted by Gasteiger charge is -2.23. The molecule has 3 rings (SSSR count). The molecular formula is C16H18N2O. The van der Waals surface area contributed by atoms with Gasteiger partial charge in [-0.15, -0.1) is 0 Å². The summed E-state index contributed by atoms with van der Waals surface area (Å²) in [7, 11) is 2.00. The Morgan fingerprint density at radius 1 is 1.21 bits per heavy atom. The minimum absolute atomic E-state index is 0.284. The fourth-order valence-electron chi connectivity index (χ4n) is 2.77. The van der Waals surface area contributed by atoms with Crippen LogP contribution in [0.25, 0.3) is 0 Å². The molecule has 2 aromatic rings. The van der Waals surface area contributed by atoms with E-state index in [0.29, 0.717) is 0 Å². The first-order chi connectivity index (χ1) is 9.19. The number of rotatable bonds is 2. The zero-order valence-electron chi connectivity index (χ0n) is 11.3. The lowest BCUT2D eigenvalue weighted by Crippen LogP contribution is -2.23. The van der Waals surface area contributed by atoms with Gasteiger partial charge in [0.15, 0.2) is 0 Å². The van der Waals surface area contributed by atoms with E-state index in [1.54, 1.807) is 6.20 Å². The van der Waals surface area contributed by atoms with E-state index in [2.05, 4.69) is 42.2 Å². The Morgan fingerprint density at radius 3 is 2.68 bits per heavy atom. The Labute approximate surface area is 113 Å². The summed E-state index contributed by atoms with van der Waals surface area (Å²) < 4.78 is 0. The fraction of sp³-hybridized carbons (Fsp3) is 0.312. The number of hydroxylamine groups is 2. The van der Waals surface area contributed by atoms with Gasteiger partial charge >= 0.3 is 0 Å². The minimum Gasteiger partial charge on any atom is -0.287 e. The summed E-state index contributed by atoms with van der Waals surface area (Å²) in [6, 6.07) is 14.8. The molecule has 2 heterocycles. The van der Waals surface area contributed by atoms with Crippen LogP contribution in [0.2, 0.25) is 0 Å². The summed E-state index contributed by atoms with van der Waals surface area (Å²) in [4.78, 5) is 10.3. The molecule has 1 aliphatic heterocycles. The van der Waals surface area contributed by atoms with Crippen LogP contribution in [0.5, 0.6) is 0 Å². The van der Waals surface area contributed by atoms with Crippen molar-refractivity contribution in [2.45, 2.75) is 25.0 Å². The van der Waals surface area contributed by atoms with Crippen LogP contribution in [-0.4, -0.2) is 17.1 Å². The molecule has 0 bridgehead atoms. The highest BCUT2D eigenvalue weighted by Gasteiger charge is 2.42.